The minimum Gasteiger partial charge on any atom is -0.494 e. The number of hydrogen-bond acceptors (Lipinski definition) is 5. The van der Waals surface area contributed by atoms with Crippen molar-refractivity contribution in [1.29, 1.82) is 0 Å². The highest BCUT2D eigenvalue weighted by Gasteiger charge is 2.08. The lowest BCUT2D eigenvalue weighted by atomic mass is 10.2. The van der Waals surface area contributed by atoms with Gasteiger partial charge < -0.3 is 14.8 Å². The van der Waals surface area contributed by atoms with Gasteiger partial charge in [-0.25, -0.2) is 4.39 Å². The molecule has 4 rings (SSSR count). The van der Waals surface area contributed by atoms with Crippen LogP contribution in [0.1, 0.15) is 30.9 Å². The van der Waals surface area contributed by atoms with Gasteiger partial charge in [0.15, 0.2) is 0 Å². The summed E-state index contributed by atoms with van der Waals surface area (Å²) in [6, 6.07) is 20.4. The van der Waals surface area contributed by atoms with Crippen molar-refractivity contribution in [2.24, 2.45) is 0 Å². The molecule has 31 heavy (non-hydrogen) atoms. The molecule has 0 atom stereocenters. The number of aromatic nitrogens is 1. The van der Waals surface area contributed by atoms with Crippen molar-refractivity contribution in [2.75, 3.05) is 11.9 Å². The first-order chi connectivity index (χ1) is 15.2. The van der Waals surface area contributed by atoms with Gasteiger partial charge in [0.1, 0.15) is 29.7 Å². The molecule has 160 valence electrons. The lowest BCUT2D eigenvalue weighted by Gasteiger charge is -2.09. The summed E-state index contributed by atoms with van der Waals surface area (Å²) in [5.74, 6) is 2.29. The molecular formula is C25H25FN2O2S. The molecular weight excluding hydrogens is 411 g/mol. The SMILES string of the molecule is CCCCOc1ccc2snc(NCc3ccc(OCc4ccc(F)cc4)cc3)c2c1. The Morgan fingerprint density at radius 3 is 2.42 bits per heavy atom. The summed E-state index contributed by atoms with van der Waals surface area (Å²) < 4.78 is 30.3. The molecule has 6 heteroatoms. The number of hydrogen-bond donors (Lipinski definition) is 1. The van der Waals surface area contributed by atoms with E-state index in [0.29, 0.717) is 13.2 Å². The summed E-state index contributed by atoms with van der Waals surface area (Å²) in [4.78, 5) is 0. The Morgan fingerprint density at radius 2 is 1.65 bits per heavy atom. The van der Waals surface area contributed by atoms with E-state index in [-0.39, 0.29) is 5.82 Å². The van der Waals surface area contributed by atoms with Gasteiger partial charge in [-0.3, -0.25) is 0 Å². The summed E-state index contributed by atoms with van der Waals surface area (Å²) in [5, 5.41) is 4.51. The van der Waals surface area contributed by atoms with Crippen molar-refractivity contribution >= 4 is 27.4 Å². The number of anilines is 1. The molecule has 0 unspecified atom stereocenters. The number of unbranched alkanes of at least 4 members (excludes halogenated alkanes) is 1. The summed E-state index contributed by atoms with van der Waals surface area (Å²) in [7, 11) is 0. The lowest BCUT2D eigenvalue weighted by molar-refractivity contribution is 0.306. The summed E-state index contributed by atoms with van der Waals surface area (Å²) >= 11 is 1.48. The minimum absolute atomic E-state index is 0.242. The second-order valence-corrected chi connectivity index (χ2v) is 8.11. The van der Waals surface area contributed by atoms with Crippen LogP contribution in [0.3, 0.4) is 0 Å². The van der Waals surface area contributed by atoms with Gasteiger partial charge in [0, 0.05) is 11.9 Å². The predicted octanol–water partition coefficient (Wildman–Crippen LogP) is 6.81. The number of fused-ring (bicyclic) bond motifs is 1. The highest BCUT2D eigenvalue weighted by molar-refractivity contribution is 7.13. The second kappa shape index (κ2) is 10.3. The molecule has 0 bridgehead atoms. The molecule has 0 aliphatic rings. The number of nitrogens with one attached hydrogen (secondary N) is 1. The Kier molecular flexibility index (Phi) is 6.99. The predicted molar refractivity (Wildman–Crippen MR) is 125 cm³/mol. The highest BCUT2D eigenvalue weighted by atomic mass is 32.1. The summed E-state index contributed by atoms with van der Waals surface area (Å²) in [5.41, 5.74) is 2.06. The van der Waals surface area contributed by atoms with E-state index in [2.05, 4.69) is 28.7 Å². The van der Waals surface area contributed by atoms with E-state index in [4.69, 9.17) is 9.47 Å². The van der Waals surface area contributed by atoms with Gasteiger partial charge in [-0.1, -0.05) is 37.6 Å². The van der Waals surface area contributed by atoms with Crippen molar-refractivity contribution in [3.8, 4) is 11.5 Å². The third-order valence-corrected chi connectivity index (χ3v) is 5.74. The molecule has 0 amide bonds. The Morgan fingerprint density at radius 1 is 0.903 bits per heavy atom. The normalized spacial score (nSPS) is 10.9. The third kappa shape index (κ3) is 5.73. The van der Waals surface area contributed by atoms with E-state index >= 15 is 0 Å². The Labute approximate surface area is 185 Å². The van der Waals surface area contributed by atoms with Crippen LogP contribution in [0.2, 0.25) is 0 Å². The van der Waals surface area contributed by atoms with Gasteiger partial charge in [-0.05, 0) is 71.5 Å². The fourth-order valence-electron chi connectivity index (χ4n) is 3.11. The van der Waals surface area contributed by atoms with Crippen LogP contribution in [0.5, 0.6) is 11.5 Å². The van der Waals surface area contributed by atoms with Crippen molar-refractivity contribution in [1.82, 2.24) is 4.37 Å². The third-order valence-electron chi connectivity index (χ3n) is 4.91. The number of rotatable bonds is 10. The fraction of sp³-hybridized carbons (Fsp3) is 0.240. The van der Waals surface area contributed by atoms with Crippen LogP contribution in [-0.2, 0) is 13.2 Å². The molecule has 1 aromatic heterocycles. The van der Waals surface area contributed by atoms with E-state index in [1.807, 2.05) is 30.3 Å². The Hall–Kier alpha value is -3.12. The molecule has 0 fully saturated rings. The van der Waals surface area contributed by atoms with E-state index in [9.17, 15) is 4.39 Å². The van der Waals surface area contributed by atoms with Gasteiger partial charge >= 0.3 is 0 Å². The van der Waals surface area contributed by atoms with Crippen molar-refractivity contribution in [2.45, 2.75) is 32.9 Å². The molecule has 1 heterocycles. The lowest BCUT2D eigenvalue weighted by Crippen LogP contribution is -2.01. The van der Waals surface area contributed by atoms with E-state index < -0.39 is 0 Å². The van der Waals surface area contributed by atoms with Gasteiger partial charge in [-0.2, -0.15) is 4.37 Å². The Bertz CT molecular complexity index is 1110. The fourth-order valence-corrected chi connectivity index (χ4v) is 3.84. The van der Waals surface area contributed by atoms with Gasteiger partial charge in [0.2, 0.25) is 0 Å². The zero-order chi connectivity index (χ0) is 21.5. The number of halogens is 1. The van der Waals surface area contributed by atoms with Crippen molar-refractivity contribution < 1.29 is 13.9 Å². The van der Waals surface area contributed by atoms with E-state index in [1.54, 1.807) is 12.1 Å². The molecule has 4 nitrogen and oxygen atoms in total. The monoisotopic (exact) mass is 436 g/mol. The topological polar surface area (TPSA) is 43.4 Å². The first-order valence-corrected chi connectivity index (χ1v) is 11.2. The maximum atomic E-state index is 13.0. The number of ether oxygens (including phenoxy) is 2. The van der Waals surface area contributed by atoms with Crippen LogP contribution in [0.25, 0.3) is 10.1 Å². The minimum atomic E-state index is -0.242. The molecule has 0 saturated heterocycles. The molecule has 0 spiro atoms. The maximum absolute atomic E-state index is 13.0. The summed E-state index contributed by atoms with van der Waals surface area (Å²) in [6.07, 6.45) is 2.17. The Balaban J connectivity index is 1.33. The van der Waals surface area contributed by atoms with Crippen LogP contribution in [0.4, 0.5) is 10.2 Å². The molecule has 0 aliphatic carbocycles. The van der Waals surface area contributed by atoms with Crippen LogP contribution < -0.4 is 14.8 Å². The first kappa shape index (κ1) is 21.1. The number of nitrogens with zero attached hydrogens (tertiary/aromatic N) is 1. The first-order valence-electron chi connectivity index (χ1n) is 10.4. The molecule has 0 aliphatic heterocycles. The van der Waals surface area contributed by atoms with Gasteiger partial charge in [0.25, 0.3) is 0 Å². The van der Waals surface area contributed by atoms with Crippen molar-refractivity contribution in [3.05, 3.63) is 83.7 Å². The van der Waals surface area contributed by atoms with Gasteiger partial charge in [0.05, 0.1) is 11.3 Å². The van der Waals surface area contributed by atoms with Crippen LogP contribution in [0.15, 0.2) is 66.7 Å². The van der Waals surface area contributed by atoms with Crippen molar-refractivity contribution in [3.63, 3.8) is 0 Å². The molecule has 3 aromatic carbocycles. The number of benzene rings is 3. The highest BCUT2D eigenvalue weighted by Crippen LogP contribution is 2.30. The molecule has 4 aromatic rings. The molecule has 0 saturated carbocycles. The maximum Gasteiger partial charge on any atom is 0.147 e. The second-order valence-electron chi connectivity index (χ2n) is 7.30. The molecule has 1 N–H and O–H groups in total. The van der Waals surface area contributed by atoms with Crippen LogP contribution in [0, 0.1) is 5.82 Å². The average Bonchev–Trinajstić information content (AvgIpc) is 3.20. The van der Waals surface area contributed by atoms with Crippen LogP contribution >= 0.6 is 11.5 Å². The van der Waals surface area contributed by atoms with Gasteiger partial charge in [-0.15, -0.1) is 0 Å². The summed E-state index contributed by atoms with van der Waals surface area (Å²) in [6.45, 7) is 3.96. The largest absolute Gasteiger partial charge is 0.494 e. The quantitative estimate of drug-likeness (QED) is 0.278. The smallest absolute Gasteiger partial charge is 0.147 e. The zero-order valence-electron chi connectivity index (χ0n) is 17.4. The standard InChI is InChI=1S/C25H25FN2O2S/c1-2-3-14-29-22-12-13-24-23(15-22)25(28-31-24)27-16-18-6-10-21(11-7-18)30-17-19-4-8-20(26)9-5-19/h4-13,15H,2-3,14,16-17H2,1H3,(H,27,28). The zero-order valence-corrected chi connectivity index (χ0v) is 18.3. The van der Waals surface area contributed by atoms with E-state index in [1.165, 1.54) is 23.7 Å². The average molecular weight is 437 g/mol. The van der Waals surface area contributed by atoms with Crippen LogP contribution in [-0.4, -0.2) is 11.0 Å². The molecule has 0 radical (unpaired) electrons. The van der Waals surface area contributed by atoms with E-state index in [0.717, 1.165) is 58.0 Å².